The molecule has 0 spiro atoms. The van der Waals surface area contributed by atoms with Crippen molar-refractivity contribution in [2.45, 2.75) is 13.8 Å². The van der Waals surface area contributed by atoms with Crippen molar-refractivity contribution in [2.75, 3.05) is 0 Å². The molecule has 0 radical (unpaired) electrons. The number of halogens is 1. The summed E-state index contributed by atoms with van der Waals surface area (Å²) in [7, 11) is 0. The van der Waals surface area contributed by atoms with E-state index in [1.807, 2.05) is 38.1 Å². The Morgan fingerprint density at radius 2 is 1.88 bits per heavy atom. The predicted octanol–water partition coefficient (Wildman–Crippen LogP) is 5.66. The van der Waals surface area contributed by atoms with Gasteiger partial charge in [0.1, 0.15) is 5.69 Å². The number of hydrogen-bond donors (Lipinski definition) is 1. The number of allylic oxidation sites excluding steroid dienone is 1. The van der Waals surface area contributed by atoms with Crippen LogP contribution in [-0.2, 0) is 0 Å². The van der Waals surface area contributed by atoms with E-state index >= 15 is 0 Å². The first-order valence-corrected chi connectivity index (χ1v) is 8.24. The number of nitrogens with zero attached hydrogens (tertiary/aromatic N) is 2. The normalized spacial score (nSPS) is 14.7. The lowest BCUT2D eigenvalue weighted by atomic mass is 10.0. The Bertz CT molecular complexity index is 1050. The van der Waals surface area contributed by atoms with Gasteiger partial charge in [0, 0.05) is 16.8 Å². The molecule has 124 valence electrons. The highest BCUT2D eigenvalue weighted by Gasteiger charge is 2.21. The molecular formula is C20H15ClN2O2. The van der Waals surface area contributed by atoms with Gasteiger partial charge in [-0.3, -0.25) is 4.99 Å². The zero-order valence-corrected chi connectivity index (χ0v) is 14.5. The second-order valence-corrected chi connectivity index (χ2v) is 6.37. The molecule has 0 bridgehead atoms. The van der Waals surface area contributed by atoms with Crippen LogP contribution < -0.4 is 0 Å². The highest BCUT2D eigenvalue weighted by Crippen LogP contribution is 2.38. The molecule has 0 aliphatic carbocycles. The third-order valence-corrected chi connectivity index (χ3v) is 4.47. The zero-order chi connectivity index (χ0) is 17.6. The number of rotatable bonds is 2. The molecule has 0 atom stereocenters. The van der Waals surface area contributed by atoms with E-state index in [-0.39, 0.29) is 11.8 Å². The summed E-state index contributed by atoms with van der Waals surface area (Å²) in [5, 5.41) is 10.7. The molecule has 1 aliphatic heterocycles. The van der Waals surface area contributed by atoms with Crippen LogP contribution in [0.4, 0.5) is 5.69 Å². The predicted molar refractivity (Wildman–Crippen MR) is 100 cm³/mol. The van der Waals surface area contributed by atoms with Crippen LogP contribution in [0.15, 0.2) is 51.9 Å². The van der Waals surface area contributed by atoms with Crippen LogP contribution in [0, 0.1) is 6.92 Å². The van der Waals surface area contributed by atoms with Gasteiger partial charge in [-0.15, -0.1) is 0 Å². The Labute approximate surface area is 150 Å². The summed E-state index contributed by atoms with van der Waals surface area (Å²) in [6.45, 7) is 3.97. The molecule has 0 amide bonds. The largest absolute Gasteiger partial charge is 0.479 e. The monoisotopic (exact) mass is 350 g/mol. The molecule has 1 aliphatic rings. The van der Waals surface area contributed by atoms with E-state index < -0.39 is 0 Å². The van der Waals surface area contributed by atoms with Gasteiger partial charge in [-0.1, -0.05) is 35.4 Å². The number of aromatic hydroxyl groups is 1. The molecule has 0 unspecified atom stereocenters. The first-order chi connectivity index (χ1) is 12.0. The van der Waals surface area contributed by atoms with Gasteiger partial charge in [0.05, 0.1) is 16.3 Å². The van der Waals surface area contributed by atoms with E-state index in [1.165, 1.54) is 0 Å². The van der Waals surface area contributed by atoms with Crippen molar-refractivity contribution in [1.29, 1.82) is 0 Å². The van der Waals surface area contributed by atoms with Crippen molar-refractivity contribution in [3.8, 4) is 17.4 Å². The van der Waals surface area contributed by atoms with Gasteiger partial charge in [0.15, 0.2) is 0 Å². The third kappa shape index (κ3) is 2.75. The molecule has 3 aromatic rings. The minimum atomic E-state index is -0.240. The minimum absolute atomic E-state index is 0.240. The van der Waals surface area contributed by atoms with Crippen molar-refractivity contribution >= 4 is 34.6 Å². The second-order valence-electron chi connectivity index (χ2n) is 5.97. The number of oxazole rings is 1. The van der Waals surface area contributed by atoms with Crippen LogP contribution in [0.25, 0.3) is 23.1 Å². The number of aromatic nitrogens is 1. The number of benzene rings is 2. The molecule has 4 nitrogen and oxygen atoms in total. The van der Waals surface area contributed by atoms with Gasteiger partial charge >= 0.3 is 5.95 Å². The fraction of sp³-hybridized carbons (Fsp3) is 0.100. The number of aliphatic imine (C=N–C) groups is 1. The lowest BCUT2D eigenvalue weighted by molar-refractivity contribution is 0.336. The van der Waals surface area contributed by atoms with Crippen LogP contribution in [0.2, 0.25) is 5.02 Å². The molecule has 1 N–H and O–H groups in total. The Hall–Kier alpha value is -2.85. The van der Waals surface area contributed by atoms with E-state index in [1.54, 1.807) is 18.2 Å². The molecule has 4 rings (SSSR count). The second kappa shape index (κ2) is 5.90. The molecule has 5 heteroatoms. The van der Waals surface area contributed by atoms with Crippen LogP contribution in [0.1, 0.15) is 23.7 Å². The summed E-state index contributed by atoms with van der Waals surface area (Å²) < 4.78 is 5.41. The first-order valence-electron chi connectivity index (χ1n) is 7.86. The smallest absolute Gasteiger partial charge is 0.310 e. The highest BCUT2D eigenvalue weighted by atomic mass is 35.5. The summed E-state index contributed by atoms with van der Waals surface area (Å²) in [5.41, 5.74) is 5.89. The van der Waals surface area contributed by atoms with E-state index in [2.05, 4.69) is 16.0 Å². The minimum Gasteiger partial charge on any atom is -0.479 e. The molecule has 2 heterocycles. The topological polar surface area (TPSA) is 58.6 Å². The van der Waals surface area contributed by atoms with E-state index in [4.69, 9.17) is 16.0 Å². The molecule has 1 aromatic heterocycles. The van der Waals surface area contributed by atoms with Crippen molar-refractivity contribution in [2.24, 2.45) is 4.99 Å². The Kier molecular flexibility index (Phi) is 3.70. The van der Waals surface area contributed by atoms with Gasteiger partial charge in [-0.05, 0) is 44.2 Å². The fourth-order valence-electron chi connectivity index (χ4n) is 2.89. The highest BCUT2D eigenvalue weighted by molar-refractivity contribution is 6.33. The lowest BCUT2D eigenvalue weighted by Crippen LogP contribution is -1.91. The maximum absolute atomic E-state index is 10.2. The summed E-state index contributed by atoms with van der Waals surface area (Å²) in [6.07, 6.45) is 1.79. The summed E-state index contributed by atoms with van der Waals surface area (Å²) >= 11 is 6.18. The Balaban J connectivity index is 1.80. The quantitative estimate of drug-likeness (QED) is 0.649. The van der Waals surface area contributed by atoms with Gasteiger partial charge < -0.3 is 9.52 Å². The zero-order valence-electron chi connectivity index (χ0n) is 13.7. The van der Waals surface area contributed by atoms with Crippen LogP contribution in [0.5, 0.6) is 5.95 Å². The number of aryl methyl sites for hydroxylation is 1. The Morgan fingerprint density at radius 3 is 2.68 bits per heavy atom. The van der Waals surface area contributed by atoms with Gasteiger partial charge in [-0.2, -0.15) is 0 Å². The van der Waals surface area contributed by atoms with Gasteiger partial charge in [0.25, 0.3) is 0 Å². The van der Waals surface area contributed by atoms with E-state index in [9.17, 15) is 5.11 Å². The van der Waals surface area contributed by atoms with Crippen molar-refractivity contribution in [3.05, 3.63) is 64.3 Å². The van der Waals surface area contributed by atoms with Gasteiger partial charge in [-0.25, -0.2) is 4.98 Å². The summed E-state index contributed by atoms with van der Waals surface area (Å²) in [6, 6.07) is 13.3. The van der Waals surface area contributed by atoms with E-state index in [0.29, 0.717) is 16.3 Å². The average Bonchev–Trinajstić information content (AvgIpc) is 3.09. The number of fused-ring (bicyclic) bond motifs is 1. The molecule has 0 saturated carbocycles. The SMILES string of the molecule is CC1=Nc2ccc(C)cc2/C1=C\c1nc(-c2ccccc2Cl)oc1O. The fourth-order valence-corrected chi connectivity index (χ4v) is 3.10. The molecule has 2 aromatic carbocycles. The average molecular weight is 351 g/mol. The van der Waals surface area contributed by atoms with Crippen LogP contribution >= 0.6 is 11.6 Å². The maximum atomic E-state index is 10.2. The molecule has 25 heavy (non-hydrogen) atoms. The third-order valence-electron chi connectivity index (χ3n) is 4.14. The van der Waals surface area contributed by atoms with E-state index in [0.717, 1.165) is 28.1 Å². The standard InChI is InChI=1S/C20H15ClN2O2/c1-11-7-8-17-15(9-11)14(12(2)22-17)10-18-20(24)25-19(23-18)13-5-3-4-6-16(13)21/h3-10,24H,1-2H3/b14-10-. The number of hydrogen-bond acceptors (Lipinski definition) is 4. The lowest BCUT2D eigenvalue weighted by Gasteiger charge is -2.02. The maximum Gasteiger partial charge on any atom is 0.310 e. The molecule has 0 saturated heterocycles. The van der Waals surface area contributed by atoms with Gasteiger partial charge in [0.2, 0.25) is 5.89 Å². The van der Waals surface area contributed by atoms with Crippen molar-refractivity contribution in [3.63, 3.8) is 0 Å². The van der Waals surface area contributed by atoms with Crippen molar-refractivity contribution in [1.82, 2.24) is 4.98 Å². The van der Waals surface area contributed by atoms with Crippen LogP contribution in [0.3, 0.4) is 0 Å². The molecule has 0 fully saturated rings. The van der Waals surface area contributed by atoms with Crippen molar-refractivity contribution < 1.29 is 9.52 Å². The van der Waals surface area contributed by atoms with Crippen LogP contribution in [-0.4, -0.2) is 15.8 Å². The Morgan fingerprint density at radius 1 is 1.08 bits per heavy atom. The summed E-state index contributed by atoms with van der Waals surface area (Å²) in [5.74, 6) is 0.0447. The summed E-state index contributed by atoms with van der Waals surface area (Å²) in [4.78, 5) is 8.97. The first kappa shape index (κ1) is 15.7. The molecular weight excluding hydrogens is 336 g/mol.